The van der Waals surface area contributed by atoms with Crippen LogP contribution in [0.1, 0.15) is 38.8 Å². The van der Waals surface area contributed by atoms with Crippen molar-refractivity contribution in [2.24, 2.45) is 0 Å². The van der Waals surface area contributed by atoms with E-state index >= 15 is 0 Å². The van der Waals surface area contributed by atoms with Crippen LogP contribution in [-0.4, -0.2) is 10.9 Å². The Hall–Kier alpha value is -1.68. The average Bonchev–Trinajstić information content (AvgIpc) is 2.69. The van der Waals surface area contributed by atoms with Gasteiger partial charge >= 0.3 is 0 Å². The largest absolute Gasteiger partial charge is 0.344 e. The van der Waals surface area contributed by atoms with Crippen LogP contribution < -0.4 is 5.32 Å². The molecule has 1 amide bonds. The Morgan fingerprint density at radius 1 is 1.39 bits per heavy atom. The lowest BCUT2D eigenvalue weighted by Crippen LogP contribution is -2.27. The molecule has 4 heteroatoms. The fraction of sp³-hybridized carbons (Fsp3) is 0.286. The number of nitrogens with zero attached hydrogens (tertiary/aromatic N) is 1. The number of carbonyl (C=O) groups excluding carboxylic acids is 1. The molecule has 94 valence electrons. The van der Waals surface area contributed by atoms with Crippen molar-refractivity contribution >= 4 is 17.2 Å². The topological polar surface area (TPSA) is 42.0 Å². The van der Waals surface area contributed by atoms with E-state index in [1.807, 2.05) is 13.0 Å². The van der Waals surface area contributed by atoms with E-state index in [9.17, 15) is 4.79 Å². The minimum Gasteiger partial charge on any atom is -0.344 e. The van der Waals surface area contributed by atoms with Crippen LogP contribution in [0.25, 0.3) is 0 Å². The number of rotatable bonds is 3. The van der Waals surface area contributed by atoms with Crippen molar-refractivity contribution in [1.29, 1.82) is 0 Å². The van der Waals surface area contributed by atoms with Crippen LogP contribution in [0.15, 0.2) is 30.5 Å². The number of pyridine rings is 1. The van der Waals surface area contributed by atoms with Crippen molar-refractivity contribution in [2.45, 2.75) is 26.8 Å². The minimum absolute atomic E-state index is 0.00413. The van der Waals surface area contributed by atoms with Gasteiger partial charge in [-0.1, -0.05) is 6.07 Å². The molecule has 0 saturated heterocycles. The van der Waals surface area contributed by atoms with Crippen molar-refractivity contribution in [3.63, 3.8) is 0 Å². The number of thiophene rings is 1. The van der Waals surface area contributed by atoms with Crippen LogP contribution in [0.4, 0.5) is 0 Å². The maximum absolute atomic E-state index is 12.0. The van der Waals surface area contributed by atoms with Gasteiger partial charge in [0, 0.05) is 16.0 Å². The molecule has 0 fully saturated rings. The minimum atomic E-state index is -0.133. The molecule has 0 aromatic carbocycles. The quantitative estimate of drug-likeness (QED) is 0.920. The van der Waals surface area contributed by atoms with Gasteiger partial charge in [0.15, 0.2) is 0 Å². The van der Waals surface area contributed by atoms with E-state index in [2.05, 4.69) is 30.2 Å². The summed E-state index contributed by atoms with van der Waals surface area (Å²) in [4.78, 5) is 18.5. The molecule has 2 rings (SSSR count). The third kappa shape index (κ3) is 2.76. The SMILES string of the molecule is Cc1cc(C(C)NC(=O)c2ccccn2)c(C)s1. The van der Waals surface area contributed by atoms with E-state index < -0.39 is 0 Å². The van der Waals surface area contributed by atoms with E-state index in [4.69, 9.17) is 0 Å². The van der Waals surface area contributed by atoms with Gasteiger partial charge in [0.1, 0.15) is 5.69 Å². The Balaban J connectivity index is 2.10. The first-order valence-electron chi connectivity index (χ1n) is 5.86. The summed E-state index contributed by atoms with van der Waals surface area (Å²) < 4.78 is 0. The highest BCUT2D eigenvalue weighted by Gasteiger charge is 2.15. The van der Waals surface area contributed by atoms with Gasteiger partial charge in [-0.3, -0.25) is 9.78 Å². The molecule has 18 heavy (non-hydrogen) atoms. The molecule has 0 aliphatic heterocycles. The van der Waals surface area contributed by atoms with Crippen LogP contribution in [0.2, 0.25) is 0 Å². The maximum atomic E-state index is 12.0. The van der Waals surface area contributed by atoms with Gasteiger partial charge in [-0.05, 0) is 44.5 Å². The molecule has 0 bridgehead atoms. The summed E-state index contributed by atoms with van der Waals surface area (Å²) in [6.45, 7) is 6.15. The van der Waals surface area contributed by atoms with Gasteiger partial charge in [0.25, 0.3) is 5.91 Å². The fourth-order valence-corrected chi connectivity index (χ4v) is 2.95. The van der Waals surface area contributed by atoms with E-state index in [-0.39, 0.29) is 11.9 Å². The Bertz CT molecular complexity index is 548. The Morgan fingerprint density at radius 2 is 2.17 bits per heavy atom. The lowest BCUT2D eigenvalue weighted by Gasteiger charge is -2.13. The van der Waals surface area contributed by atoms with Crippen LogP contribution in [-0.2, 0) is 0 Å². The predicted octanol–water partition coefficient (Wildman–Crippen LogP) is 3.25. The van der Waals surface area contributed by atoms with E-state index in [1.54, 1.807) is 29.7 Å². The monoisotopic (exact) mass is 260 g/mol. The van der Waals surface area contributed by atoms with Gasteiger partial charge in [-0.2, -0.15) is 0 Å². The highest BCUT2D eigenvalue weighted by molar-refractivity contribution is 7.12. The van der Waals surface area contributed by atoms with Gasteiger partial charge in [-0.15, -0.1) is 11.3 Å². The van der Waals surface area contributed by atoms with Crippen molar-refractivity contribution < 1.29 is 4.79 Å². The molecule has 1 atom stereocenters. The molecule has 0 aliphatic carbocycles. The number of amides is 1. The first-order chi connectivity index (χ1) is 8.58. The normalized spacial score (nSPS) is 12.2. The summed E-state index contributed by atoms with van der Waals surface area (Å²) in [6.07, 6.45) is 1.62. The van der Waals surface area contributed by atoms with Gasteiger partial charge < -0.3 is 5.32 Å². The van der Waals surface area contributed by atoms with Gasteiger partial charge in [-0.25, -0.2) is 0 Å². The Kier molecular flexibility index (Phi) is 3.77. The van der Waals surface area contributed by atoms with E-state index in [0.717, 1.165) is 0 Å². The molecule has 0 aliphatic rings. The number of aryl methyl sites for hydroxylation is 2. The van der Waals surface area contributed by atoms with Crippen LogP contribution in [0.5, 0.6) is 0 Å². The number of aromatic nitrogens is 1. The first-order valence-corrected chi connectivity index (χ1v) is 6.68. The lowest BCUT2D eigenvalue weighted by molar-refractivity contribution is 0.0935. The third-order valence-corrected chi connectivity index (χ3v) is 3.77. The molecular weight excluding hydrogens is 244 g/mol. The molecule has 0 radical (unpaired) electrons. The third-order valence-electron chi connectivity index (χ3n) is 2.79. The number of nitrogens with one attached hydrogen (secondary N) is 1. The van der Waals surface area contributed by atoms with Gasteiger partial charge in [0.2, 0.25) is 0 Å². The second-order valence-electron chi connectivity index (χ2n) is 4.28. The summed E-state index contributed by atoms with van der Waals surface area (Å²) in [5, 5.41) is 2.97. The highest BCUT2D eigenvalue weighted by atomic mass is 32.1. The van der Waals surface area contributed by atoms with Crippen molar-refractivity contribution in [1.82, 2.24) is 10.3 Å². The van der Waals surface area contributed by atoms with Crippen LogP contribution in [0.3, 0.4) is 0 Å². The predicted molar refractivity (Wildman–Crippen MR) is 73.9 cm³/mol. The summed E-state index contributed by atoms with van der Waals surface area (Å²) >= 11 is 1.75. The zero-order chi connectivity index (χ0) is 13.1. The highest BCUT2D eigenvalue weighted by Crippen LogP contribution is 2.26. The van der Waals surface area contributed by atoms with Crippen molar-refractivity contribution in [2.75, 3.05) is 0 Å². The molecule has 1 N–H and O–H groups in total. The molecule has 2 heterocycles. The summed E-state index contributed by atoms with van der Waals surface area (Å²) in [6, 6.07) is 7.46. The summed E-state index contributed by atoms with van der Waals surface area (Å²) in [5.74, 6) is -0.133. The fourth-order valence-electron chi connectivity index (χ4n) is 1.93. The summed E-state index contributed by atoms with van der Waals surface area (Å²) in [7, 11) is 0. The molecule has 3 nitrogen and oxygen atoms in total. The maximum Gasteiger partial charge on any atom is 0.270 e. The molecule has 1 unspecified atom stereocenters. The van der Waals surface area contributed by atoms with Crippen LogP contribution >= 0.6 is 11.3 Å². The number of carbonyl (C=O) groups is 1. The lowest BCUT2D eigenvalue weighted by atomic mass is 10.1. The molecule has 2 aromatic heterocycles. The first kappa shape index (κ1) is 12.8. The number of hydrogen-bond acceptors (Lipinski definition) is 3. The van der Waals surface area contributed by atoms with Crippen molar-refractivity contribution in [3.05, 3.63) is 51.5 Å². The van der Waals surface area contributed by atoms with E-state index in [1.165, 1.54) is 15.3 Å². The molecule has 0 saturated carbocycles. The second-order valence-corrected chi connectivity index (χ2v) is 5.74. The average molecular weight is 260 g/mol. The molecular formula is C14H16N2OS. The Morgan fingerprint density at radius 3 is 2.72 bits per heavy atom. The zero-order valence-electron chi connectivity index (χ0n) is 10.7. The standard InChI is InChI=1S/C14H16N2OS/c1-9-8-12(11(3)18-9)10(2)16-14(17)13-6-4-5-7-15-13/h4-8,10H,1-3H3,(H,16,17). The van der Waals surface area contributed by atoms with Crippen LogP contribution in [0, 0.1) is 13.8 Å². The molecule has 2 aromatic rings. The number of hydrogen-bond donors (Lipinski definition) is 1. The van der Waals surface area contributed by atoms with E-state index in [0.29, 0.717) is 5.69 Å². The summed E-state index contributed by atoms with van der Waals surface area (Å²) in [5.41, 5.74) is 1.63. The van der Waals surface area contributed by atoms with Gasteiger partial charge in [0.05, 0.1) is 6.04 Å². The van der Waals surface area contributed by atoms with Crippen molar-refractivity contribution in [3.8, 4) is 0 Å². The zero-order valence-corrected chi connectivity index (χ0v) is 11.5. The second kappa shape index (κ2) is 5.31. The Labute approximate surface area is 111 Å². The smallest absolute Gasteiger partial charge is 0.270 e. The molecule has 0 spiro atoms.